The Balaban J connectivity index is 1.93. The number of piperazine rings is 1. The molecule has 2 fully saturated rings. The van der Waals surface area contributed by atoms with Gasteiger partial charge in [-0.15, -0.1) is 0 Å². The van der Waals surface area contributed by atoms with E-state index in [1.807, 2.05) is 7.05 Å². The molecule has 1 saturated carbocycles. The zero-order valence-corrected chi connectivity index (χ0v) is 12.3. The summed E-state index contributed by atoms with van der Waals surface area (Å²) < 4.78 is 0. The Bertz CT molecular complexity index is 522. The van der Waals surface area contributed by atoms with Crippen LogP contribution < -0.4 is 10.6 Å². The van der Waals surface area contributed by atoms with E-state index in [9.17, 15) is 4.79 Å². The van der Waals surface area contributed by atoms with Crippen molar-refractivity contribution in [1.29, 1.82) is 0 Å². The summed E-state index contributed by atoms with van der Waals surface area (Å²) in [5.41, 5.74) is 8.87. The molecule has 0 bridgehead atoms. The highest BCUT2D eigenvalue weighted by Crippen LogP contribution is 2.53. The zero-order valence-electron chi connectivity index (χ0n) is 12.3. The highest BCUT2D eigenvalue weighted by Gasteiger charge is 2.49. The van der Waals surface area contributed by atoms with Gasteiger partial charge in [-0.25, -0.2) is 0 Å². The first-order chi connectivity index (χ1) is 9.54. The van der Waals surface area contributed by atoms with Crippen molar-refractivity contribution in [1.82, 2.24) is 4.90 Å². The molecule has 4 heteroatoms. The smallest absolute Gasteiger partial charge is 0.241 e. The third-order valence-corrected chi connectivity index (χ3v) is 4.90. The molecule has 1 amide bonds. The lowest BCUT2D eigenvalue weighted by Gasteiger charge is -2.36. The van der Waals surface area contributed by atoms with Gasteiger partial charge in [0.25, 0.3) is 0 Å². The van der Waals surface area contributed by atoms with Crippen molar-refractivity contribution < 1.29 is 4.79 Å². The van der Waals surface area contributed by atoms with Crippen LogP contribution >= 0.6 is 0 Å². The summed E-state index contributed by atoms with van der Waals surface area (Å²) in [4.78, 5) is 16.0. The van der Waals surface area contributed by atoms with Crippen molar-refractivity contribution in [3.8, 4) is 0 Å². The lowest BCUT2D eigenvalue weighted by molar-refractivity contribution is -0.129. The number of rotatable bonds is 3. The number of nitrogens with zero attached hydrogens (tertiary/aromatic N) is 2. The molecule has 20 heavy (non-hydrogen) atoms. The van der Waals surface area contributed by atoms with Gasteiger partial charge in [0.1, 0.15) is 0 Å². The lowest BCUT2D eigenvalue weighted by atomic mass is 9.87. The lowest BCUT2D eigenvalue weighted by Crippen LogP contribution is -2.49. The molecule has 108 valence electrons. The molecule has 2 N–H and O–H groups in total. The maximum absolute atomic E-state index is 11.9. The summed E-state index contributed by atoms with van der Waals surface area (Å²) in [7, 11) is 1.87. The number of carbonyl (C=O) groups is 1. The number of nitrogens with two attached hydrogens (primary N) is 1. The van der Waals surface area contributed by atoms with E-state index in [-0.39, 0.29) is 17.4 Å². The molecule has 1 aliphatic heterocycles. The highest BCUT2D eigenvalue weighted by atomic mass is 16.2. The van der Waals surface area contributed by atoms with Gasteiger partial charge in [0.15, 0.2) is 0 Å². The quantitative estimate of drug-likeness (QED) is 0.904. The number of anilines is 1. The van der Waals surface area contributed by atoms with E-state index in [2.05, 4.69) is 36.1 Å². The standard InChI is InChI=1S/C16H23N3O/c1-12(17)16(7-8-16)13-5-3-4-6-14(13)19-10-9-18(2)15(20)11-19/h3-6,12H,7-11,17H2,1-2H3. The molecule has 2 aliphatic rings. The van der Waals surface area contributed by atoms with E-state index in [0.29, 0.717) is 6.54 Å². The minimum absolute atomic E-state index is 0.128. The van der Waals surface area contributed by atoms with Gasteiger partial charge in [0.05, 0.1) is 6.54 Å². The summed E-state index contributed by atoms with van der Waals surface area (Å²) in [6.45, 7) is 4.26. The molecule has 1 heterocycles. The normalized spacial score (nSPS) is 22.9. The van der Waals surface area contributed by atoms with Crippen LogP contribution in [0.1, 0.15) is 25.3 Å². The average molecular weight is 273 g/mol. The molecule has 4 nitrogen and oxygen atoms in total. The molecule has 0 aromatic heterocycles. The van der Waals surface area contributed by atoms with Crippen LogP contribution in [-0.2, 0) is 10.2 Å². The number of likely N-dealkylation sites (N-methyl/N-ethyl adjacent to an activating group) is 1. The summed E-state index contributed by atoms with van der Waals surface area (Å²) in [6.07, 6.45) is 2.31. The Labute approximate surface area is 120 Å². The number of hydrogen-bond donors (Lipinski definition) is 1. The topological polar surface area (TPSA) is 49.6 Å². The fraction of sp³-hybridized carbons (Fsp3) is 0.562. The molecule has 0 spiro atoms. The summed E-state index contributed by atoms with van der Waals surface area (Å²) in [6, 6.07) is 8.62. The fourth-order valence-electron chi connectivity index (χ4n) is 3.24. The number of amides is 1. The van der Waals surface area contributed by atoms with E-state index in [4.69, 9.17) is 5.73 Å². The third kappa shape index (κ3) is 2.08. The van der Waals surface area contributed by atoms with E-state index in [1.165, 1.54) is 11.3 Å². The predicted molar refractivity (Wildman–Crippen MR) is 80.9 cm³/mol. The molecule has 1 atom stereocenters. The molecule has 1 saturated heterocycles. The third-order valence-electron chi connectivity index (χ3n) is 4.90. The molecule has 0 radical (unpaired) electrons. The van der Waals surface area contributed by atoms with Gasteiger partial charge in [-0.3, -0.25) is 4.79 Å². The molecule has 1 unspecified atom stereocenters. The van der Waals surface area contributed by atoms with Crippen LogP contribution in [0.15, 0.2) is 24.3 Å². The fourth-order valence-corrected chi connectivity index (χ4v) is 3.24. The number of hydrogen-bond acceptors (Lipinski definition) is 3. The van der Waals surface area contributed by atoms with Crippen molar-refractivity contribution in [3.63, 3.8) is 0 Å². The maximum Gasteiger partial charge on any atom is 0.241 e. The Kier molecular flexibility index (Phi) is 3.21. The summed E-state index contributed by atoms with van der Waals surface area (Å²) in [5, 5.41) is 0. The SMILES string of the molecule is CC(N)C1(c2ccccc2N2CCN(C)C(=O)C2)CC1. The van der Waals surface area contributed by atoms with Crippen LogP contribution in [0, 0.1) is 0 Å². The number of benzene rings is 1. The van der Waals surface area contributed by atoms with Crippen molar-refractivity contribution in [2.24, 2.45) is 5.73 Å². The van der Waals surface area contributed by atoms with Gasteiger partial charge in [-0.2, -0.15) is 0 Å². The van der Waals surface area contributed by atoms with E-state index in [1.54, 1.807) is 4.90 Å². The Morgan fingerprint density at radius 2 is 1.95 bits per heavy atom. The Morgan fingerprint density at radius 1 is 1.25 bits per heavy atom. The Hall–Kier alpha value is -1.55. The van der Waals surface area contributed by atoms with Crippen LogP contribution in [0.4, 0.5) is 5.69 Å². The first-order valence-corrected chi connectivity index (χ1v) is 7.38. The molecular weight excluding hydrogens is 250 g/mol. The Morgan fingerprint density at radius 3 is 2.55 bits per heavy atom. The van der Waals surface area contributed by atoms with Crippen LogP contribution in [-0.4, -0.2) is 43.5 Å². The maximum atomic E-state index is 11.9. The van der Waals surface area contributed by atoms with Crippen LogP contribution in [0.3, 0.4) is 0 Å². The number of para-hydroxylation sites is 1. The van der Waals surface area contributed by atoms with E-state index in [0.717, 1.165) is 25.9 Å². The zero-order chi connectivity index (χ0) is 14.3. The first-order valence-electron chi connectivity index (χ1n) is 7.38. The minimum atomic E-state index is 0.128. The minimum Gasteiger partial charge on any atom is -0.360 e. The van der Waals surface area contributed by atoms with Crippen molar-refractivity contribution in [2.45, 2.75) is 31.2 Å². The second kappa shape index (κ2) is 4.77. The molecule has 1 aromatic carbocycles. The monoisotopic (exact) mass is 273 g/mol. The van der Waals surface area contributed by atoms with Gasteiger partial charge < -0.3 is 15.5 Å². The second-order valence-corrected chi connectivity index (χ2v) is 6.20. The summed E-state index contributed by atoms with van der Waals surface area (Å²) >= 11 is 0. The first kappa shape index (κ1) is 13.4. The molecule has 1 aromatic rings. The van der Waals surface area contributed by atoms with Crippen molar-refractivity contribution >= 4 is 11.6 Å². The molecule has 1 aliphatic carbocycles. The van der Waals surface area contributed by atoms with Crippen molar-refractivity contribution in [2.75, 3.05) is 31.6 Å². The van der Waals surface area contributed by atoms with Crippen LogP contribution in [0.25, 0.3) is 0 Å². The van der Waals surface area contributed by atoms with Crippen LogP contribution in [0.2, 0.25) is 0 Å². The van der Waals surface area contributed by atoms with Gasteiger partial charge in [0, 0.05) is 37.3 Å². The van der Waals surface area contributed by atoms with Gasteiger partial charge in [-0.1, -0.05) is 18.2 Å². The number of carbonyl (C=O) groups excluding carboxylic acids is 1. The van der Waals surface area contributed by atoms with E-state index < -0.39 is 0 Å². The summed E-state index contributed by atoms with van der Waals surface area (Å²) in [5.74, 6) is 0.191. The largest absolute Gasteiger partial charge is 0.360 e. The van der Waals surface area contributed by atoms with Gasteiger partial charge >= 0.3 is 0 Å². The molecular formula is C16H23N3O. The van der Waals surface area contributed by atoms with Crippen molar-refractivity contribution in [3.05, 3.63) is 29.8 Å². The highest BCUT2D eigenvalue weighted by molar-refractivity contribution is 5.83. The van der Waals surface area contributed by atoms with Gasteiger partial charge in [0.2, 0.25) is 5.91 Å². The second-order valence-electron chi connectivity index (χ2n) is 6.20. The average Bonchev–Trinajstić information content (AvgIpc) is 3.23. The van der Waals surface area contributed by atoms with Gasteiger partial charge in [-0.05, 0) is 31.4 Å². The van der Waals surface area contributed by atoms with E-state index >= 15 is 0 Å². The van der Waals surface area contributed by atoms with Crippen LogP contribution in [0.5, 0.6) is 0 Å². The molecule has 3 rings (SSSR count). The predicted octanol–water partition coefficient (Wildman–Crippen LogP) is 1.34.